The van der Waals surface area contributed by atoms with E-state index in [1.54, 1.807) is 0 Å². The standard InChI is InChI=1S/C16H22N2O3.ClH/c19-16(10-12-3-5-17-6-4-12)18-11-13-1-2-14-15(9-13)21-8-7-20-14;/h1-2,9,12,17H,3-8,10-11H2,(H,18,19);1H. The van der Waals surface area contributed by atoms with Gasteiger partial charge in [-0.25, -0.2) is 0 Å². The van der Waals surface area contributed by atoms with Crippen molar-refractivity contribution in [3.8, 4) is 11.5 Å². The molecule has 0 atom stereocenters. The molecule has 22 heavy (non-hydrogen) atoms. The lowest BCUT2D eigenvalue weighted by molar-refractivity contribution is -0.122. The number of amides is 1. The molecule has 1 aromatic rings. The third kappa shape index (κ3) is 4.52. The Morgan fingerprint density at radius 1 is 1.18 bits per heavy atom. The van der Waals surface area contributed by atoms with E-state index in [2.05, 4.69) is 10.6 Å². The van der Waals surface area contributed by atoms with Gasteiger partial charge in [0.15, 0.2) is 11.5 Å². The monoisotopic (exact) mass is 326 g/mol. The van der Waals surface area contributed by atoms with E-state index in [1.165, 1.54) is 0 Å². The molecule has 1 amide bonds. The molecule has 2 heterocycles. The number of nitrogens with one attached hydrogen (secondary N) is 2. The van der Waals surface area contributed by atoms with Crippen LogP contribution in [0.25, 0.3) is 0 Å². The molecule has 0 spiro atoms. The number of carbonyl (C=O) groups excluding carboxylic acids is 1. The van der Waals surface area contributed by atoms with Crippen molar-refractivity contribution in [1.82, 2.24) is 10.6 Å². The maximum atomic E-state index is 12.0. The fourth-order valence-corrected chi connectivity index (χ4v) is 2.82. The summed E-state index contributed by atoms with van der Waals surface area (Å²) in [5.41, 5.74) is 1.04. The number of benzene rings is 1. The fraction of sp³-hybridized carbons (Fsp3) is 0.562. The van der Waals surface area contributed by atoms with Crippen LogP contribution in [-0.4, -0.2) is 32.2 Å². The fourth-order valence-electron chi connectivity index (χ4n) is 2.82. The van der Waals surface area contributed by atoms with Crippen molar-refractivity contribution < 1.29 is 14.3 Å². The number of rotatable bonds is 4. The van der Waals surface area contributed by atoms with Crippen molar-refractivity contribution in [3.05, 3.63) is 23.8 Å². The van der Waals surface area contributed by atoms with Gasteiger partial charge in [-0.05, 0) is 49.5 Å². The van der Waals surface area contributed by atoms with Gasteiger partial charge in [-0.15, -0.1) is 12.4 Å². The Hall–Kier alpha value is -1.46. The predicted octanol–water partition coefficient (Wildman–Crippen LogP) is 1.89. The van der Waals surface area contributed by atoms with E-state index in [9.17, 15) is 4.79 Å². The minimum absolute atomic E-state index is 0. The van der Waals surface area contributed by atoms with Gasteiger partial charge >= 0.3 is 0 Å². The van der Waals surface area contributed by atoms with Crippen LogP contribution in [0.15, 0.2) is 18.2 Å². The number of hydrogen-bond acceptors (Lipinski definition) is 4. The molecule has 1 fully saturated rings. The molecule has 0 saturated carbocycles. The van der Waals surface area contributed by atoms with Gasteiger partial charge in [-0.2, -0.15) is 0 Å². The molecule has 3 rings (SSSR count). The second kappa shape index (κ2) is 8.25. The third-order valence-electron chi connectivity index (χ3n) is 4.03. The molecule has 0 aromatic heterocycles. The molecule has 122 valence electrons. The van der Waals surface area contributed by atoms with Crippen molar-refractivity contribution in [2.24, 2.45) is 5.92 Å². The summed E-state index contributed by atoms with van der Waals surface area (Å²) in [7, 11) is 0. The minimum atomic E-state index is 0. The number of fused-ring (bicyclic) bond motifs is 1. The molecule has 0 radical (unpaired) electrons. The van der Waals surface area contributed by atoms with Gasteiger partial charge in [0.1, 0.15) is 13.2 Å². The summed E-state index contributed by atoms with van der Waals surface area (Å²) in [6.45, 7) is 3.78. The summed E-state index contributed by atoms with van der Waals surface area (Å²) in [5, 5.41) is 6.31. The molecule has 6 heteroatoms. The zero-order valence-electron chi connectivity index (χ0n) is 12.6. The van der Waals surface area contributed by atoms with Crippen molar-refractivity contribution >= 4 is 18.3 Å². The van der Waals surface area contributed by atoms with E-state index < -0.39 is 0 Å². The average molecular weight is 327 g/mol. The van der Waals surface area contributed by atoms with Crippen LogP contribution in [0.1, 0.15) is 24.8 Å². The lowest BCUT2D eigenvalue weighted by Crippen LogP contribution is -2.32. The predicted molar refractivity (Wildman–Crippen MR) is 86.7 cm³/mol. The Bertz CT molecular complexity index is 504. The first kappa shape index (κ1) is 16.9. The first-order chi connectivity index (χ1) is 10.3. The second-order valence-corrected chi connectivity index (χ2v) is 5.65. The number of hydrogen-bond donors (Lipinski definition) is 2. The van der Waals surface area contributed by atoms with Crippen LogP contribution in [-0.2, 0) is 11.3 Å². The zero-order valence-corrected chi connectivity index (χ0v) is 13.4. The van der Waals surface area contributed by atoms with Crippen molar-refractivity contribution in [2.75, 3.05) is 26.3 Å². The highest BCUT2D eigenvalue weighted by atomic mass is 35.5. The first-order valence-electron chi connectivity index (χ1n) is 7.67. The number of piperidine rings is 1. The van der Waals surface area contributed by atoms with Gasteiger partial charge in [-0.3, -0.25) is 4.79 Å². The summed E-state index contributed by atoms with van der Waals surface area (Å²) in [4.78, 5) is 12.0. The van der Waals surface area contributed by atoms with E-state index in [-0.39, 0.29) is 18.3 Å². The molecular weight excluding hydrogens is 304 g/mol. The average Bonchev–Trinajstić information content (AvgIpc) is 2.54. The van der Waals surface area contributed by atoms with Gasteiger partial charge in [0.2, 0.25) is 5.91 Å². The number of halogens is 1. The quantitative estimate of drug-likeness (QED) is 0.887. The number of ether oxygens (including phenoxy) is 2. The van der Waals surface area contributed by atoms with E-state index in [1.807, 2.05) is 18.2 Å². The van der Waals surface area contributed by atoms with Crippen molar-refractivity contribution in [1.29, 1.82) is 0 Å². The van der Waals surface area contributed by atoms with E-state index in [0.717, 1.165) is 43.0 Å². The van der Waals surface area contributed by atoms with Gasteiger partial charge < -0.3 is 20.1 Å². The molecule has 0 bridgehead atoms. The Balaban J connectivity index is 0.00000176. The smallest absolute Gasteiger partial charge is 0.220 e. The minimum Gasteiger partial charge on any atom is -0.486 e. The molecule has 0 unspecified atom stereocenters. The van der Waals surface area contributed by atoms with Gasteiger partial charge in [0.25, 0.3) is 0 Å². The molecule has 2 N–H and O–H groups in total. The van der Waals surface area contributed by atoms with Gasteiger partial charge in [-0.1, -0.05) is 6.07 Å². The highest BCUT2D eigenvalue weighted by Gasteiger charge is 2.17. The van der Waals surface area contributed by atoms with Crippen molar-refractivity contribution in [3.63, 3.8) is 0 Å². The Morgan fingerprint density at radius 3 is 2.68 bits per heavy atom. The molecular formula is C16H23ClN2O3. The van der Waals surface area contributed by atoms with Crippen molar-refractivity contribution in [2.45, 2.75) is 25.8 Å². The van der Waals surface area contributed by atoms with Gasteiger partial charge in [0, 0.05) is 13.0 Å². The molecule has 2 aliphatic heterocycles. The maximum absolute atomic E-state index is 12.0. The summed E-state index contributed by atoms with van der Waals surface area (Å²) >= 11 is 0. The summed E-state index contributed by atoms with van der Waals surface area (Å²) in [6, 6.07) is 5.82. The maximum Gasteiger partial charge on any atom is 0.220 e. The van der Waals surface area contributed by atoms with Crippen LogP contribution in [0.5, 0.6) is 11.5 Å². The van der Waals surface area contributed by atoms with Crippen LogP contribution < -0.4 is 20.1 Å². The Kier molecular flexibility index (Phi) is 6.34. The van der Waals surface area contributed by atoms with Crippen LogP contribution >= 0.6 is 12.4 Å². The van der Waals surface area contributed by atoms with Crippen LogP contribution in [0, 0.1) is 5.92 Å². The topological polar surface area (TPSA) is 59.6 Å². The highest BCUT2D eigenvalue weighted by molar-refractivity contribution is 5.85. The SMILES string of the molecule is Cl.O=C(CC1CCNCC1)NCc1ccc2c(c1)OCCO2. The molecule has 0 aliphatic carbocycles. The lowest BCUT2D eigenvalue weighted by atomic mass is 9.94. The van der Waals surface area contributed by atoms with E-state index >= 15 is 0 Å². The highest BCUT2D eigenvalue weighted by Crippen LogP contribution is 2.30. The third-order valence-corrected chi connectivity index (χ3v) is 4.03. The summed E-state index contributed by atoms with van der Waals surface area (Å²) in [5.74, 6) is 2.21. The first-order valence-corrected chi connectivity index (χ1v) is 7.67. The van der Waals surface area contributed by atoms with E-state index in [4.69, 9.17) is 9.47 Å². The lowest BCUT2D eigenvalue weighted by Gasteiger charge is -2.22. The van der Waals surface area contributed by atoms with Crippen LogP contribution in [0.4, 0.5) is 0 Å². The second-order valence-electron chi connectivity index (χ2n) is 5.65. The van der Waals surface area contributed by atoms with Crippen LogP contribution in [0.2, 0.25) is 0 Å². The summed E-state index contributed by atoms with van der Waals surface area (Å²) < 4.78 is 11.0. The molecule has 2 aliphatic rings. The normalized spacial score (nSPS) is 17.5. The van der Waals surface area contributed by atoms with E-state index in [0.29, 0.717) is 32.1 Å². The molecule has 1 saturated heterocycles. The number of carbonyl (C=O) groups is 1. The molecule has 1 aromatic carbocycles. The Labute approximate surface area is 137 Å². The van der Waals surface area contributed by atoms with Gasteiger partial charge in [0.05, 0.1) is 0 Å². The Morgan fingerprint density at radius 2 is 1.91 bits per heavy atom. The largest absolute Gasteiger partial charge is 0.486 e. The summed E-state index contributed by atoms with van der Waals surface area (Å²) in [6.07, 6.45) is 2.82. The van der Waals surface area contributed by atoms with Crippen LogP contribution in [0.3, 0.4) is 0 Å². The molecule has 5 nitrogen and oxygen atoms in total. The zero-order chi connectivity index (χ0) is 14.5.